The van der Waals surface area contributed by atoms with Crippen molar-refractivity contribution in [1.82, 2.24) is 0 Å². The maximum Gasteiger partial charge on any atom is 0.487 e. The van der Waals surface area contributed by atoms with Gasteiger partial charge in [-0.2, -0.15) is 0 Å². The third-order valence-electron chi connectivity index (χ3n) is 5.78. The van der Waals surface area contributed by atoms with Crippen LogP contribution in [0.15, 0.2) is 0 Å². The molecule has 0 aliphatic carbocycles. The Morgan fingerprint density at radius 3 is 2.23 bits per heavy atom. The van der Waals surface area contributed by atoms with Crippen LogP contribution in [0.25, 0.3) is 0 Å². The summed E-state index contributed by atoms with van der Waals surface area (Å²) in [5.41, 5.74) is 0. The quantitative estimate of drug-likeness (QED) is 0.528. The van der Waals surface area contributed by atoms with Crippen LogP contribution in [0.5, 0.6) is 0 Å². The maximum absolute atomic E-state index is 11.1. The summed E-state index contributed by atoms with van der Waals surface area (Å²) in [5.74, 6) is 0. The maximum atomic E-state index is 11.1. The van der Waals surface area contributed by atoms with Gasteiger partial charge in [-0.15, -0.1) is 0 Å². The van der Waals surface area contributed by atoms with E-state index in [0.717, 1.165) is 70.6 Å². The zero-order chi connectivity index (χ0) is 23.0. The largest absolute Gasteiger partial charge is 0.487 e. The van der Waals surface area contributed by atoms with Gasteiger partial charge in [-0.3, -0.25) is 0 Å². The van der Waals surface area contributed by atoms with E-state index in [1.807, 2.05) is 26.6 Å². The Morgan fingerprint density at radius 2 is 1.58 bits per heavy atom. The molecule has 182 valence electrons. The molecule has 0 aromatic heterocycles. The Morgan fingerprint density at radius 1 is 0.935 bits per heavy atom. The molecule has 7 nitrogen and oxygen atoms in total. The van der Waals surface area contributed by atoms with Gasteiger partial charge in [0.2, 0.25) is 9.76 Å². The van der Waals surface area contributed by atoms with Crippen molar-refractivity contribution in [2.75, 3.05) is 0 Å². The predicted molar refractivity (Wildman–Crippen MR) is 129 cm³/mol. The van der Waals surface area contributed by atoms with E-state index in [9.17, 15) is 4.80 Å². The lowest BCUT2D eigenvalue weighted by Gasteiger charge is -2.40. The van der Waals surface area contributed by atoms with E-state index in [2.05, 4.69) is 6.92 Å². The summed E-state index contributed by atoms with van der Waals surface area (Å²) in [7, 11) is -9.54. The van der Waals surface area contributed by atoms with Gasteiger partial charge in [-0.25, -0.2) is 0 Å². The van der Waals surface area contributed by atoms with E-state index >= 15 is 0 Å². The molecular formula is C20H44O7Si4. The number of unbranched alkanes of at least 4 members (excludes halogenated alkanes) is 1. The molecule has 2 bridgehead atoms. The Kier molecular flexibility index (Phi) is 11.6. The summed E-state index contributed by atoms with van der Waals surface area (Å²) in [5, 5.41) is 0. The minimum atomic E-state index is -3.44. The highest BCUT2D eigenvalue weighted by Crippen LogP contribution is 2.31. The van der Waals surface area contributed by atoms with Crippen LogP contribution in [-0.4, -0.2) is 59.3 Å². The lowest BCUT2D eigenvalue weighted by Crippen LogP contribution is -2.62. The molecule has 0 spiro atoms. The van der Waals surface area contributed by atoms with Gasteiger partial charge in [0.1, 0.15) is 0 Å². The lowest BCUT2D eigenvalue weighted by molar-refractivity contribution is 0.0288. The monoisotopic (exact) mass is 508 g/mol. The zero-order valence-corrected chi connectivity index (χ0v) is 24.4. The zero-order valence-electron chi connectivity index (χ0n) is 20.4. The Balaban J connectivity index is 2.34. The standard InChI is InChI=1S/C20H44O7Si4/c1-7-8-14-19-16-11-12-17-20-15-10-9-13-18(2)22-29(4,21)26-31(6,24-20)27-30(5,23-19)25-28-3/h18-21H,7-17H2,1-6H3. The first-order valence-corrected chi connectivity index (χ1v) is 20.2. The van der Waals surface area contributed by atoms with E-state index in [1.54, 1.807) is 6.55 Å². The first kappa shape index (κ1) is 27.8. The van der Waals surface area contributed by atoms with E-state index in [0.29, 0.717) is 0 Å². The van der Waals surface area contributed by atoms with Crippen molar-refractivity contribution >= 4 is 36.2 Å². The van der Waals surface area contributed by atoms with Crippen molar-refractivity contribution < 1.29 is 30.4 Å². The SMILES string of the molecule is CCCCC1CCCCC2CCCCC(C)O[Si](C)(O)O[Si](C)(O2)O[Si](C)(O[Si]C)O1. The van der Waals surface area contributed by atoms with Crippen molar-refractivity contribution in [3.8, 4) is 0 Å². The van der Waals surface area contributed by atoms with Crippen LogP contribution in [-0.2, 0) is 25.6 Å². The molecule has 2 saturated heterocycles. The number of fused-ring (bicyclic) bond motifs is 2. The molecular weight excluding hydrogens is 465 g/mol. The highest BCUT2D eigenvalue weighted by Gasteiger charge is 2.54. The summed E-state index contributed by atoms with van der Waals surface area (Å²) in [6, 6.07) is 0. The van der Waals surface area contributed by atoms with Crippen LogP contribution in [0.2, 0.25) is 26.2 Å². The molecule has 2 rings (SSSR count). The topological polar surface area (TPSA) is 75.6 Å². The predicted octanol–water partition coefficient (Wildman–Crippen LogP) is 4.92. The van der Waals surface area contributed by atoms with Crippen LogP contribution >= 0.6 is 0 Å². The highest BCUT2D eigenvalue weighted by molar-refractivity contribution is 6.80. The van der Waals surface area contributed by atoms with Gasteiger partial charge < -0.3 is 30.4 Å². The average molecular weight is 509 g/mol. The summed E-state index contributed by atoms with van der Waals surface area (Å²) in [6.45, 7) is 11.7. The Hall–Kier alpha value is 0.588. The minimum Gasteiger partial charge on any atom is -0.416 e. The minimum absolute atomic E-state index is 0.0537. The average Bonchev–Trinajstić information content (AvgIpc) is 2.66. The highest BCUT2D eigenvalue weighted by atomic mass is 28.5. The molecule has 0 aromatic carbocycles. The summed E-state index contributed by atoms with van der Waals surface area (Å²) in [6.07, 6.45) is 11.6. The van der Waals surface area contributed by atoms with E-state index < -0.39 is 26.4 Å². The molecule has 2 fully saturated rings. The fraction of sp³-hybridized carbons (Fsp3) is 1.00. The van der Waals surface area contributed by atoms with Gasteiger partial charge >= 0.3 is 26.4 Å². The summed E-state index contributed by atoms with van der Waals surface area (Å²) in [4.78, 5) is 11.1. The molecule has 2 heterocycles. The molecule has 2 radical (unpaired) electrons. The van der Waals surface area contributed by atoms with Crippen LogP contribution < -0.4 is 0 Å². The molecule has 1 N–H and O–H groups in total. The van der Waals surface area contributed by atoms with Gasteiger partial charge in [0.25, 0.3) is 0 Å². The van der Waals surface area contributed by atoms with Crippen molar-refractivity contribution in [3.05, 3.63) is 0 Å². The van der Waals surface area contributed by atoms with Crippen molar-refractivity contribution in [3.63, 3.8) is 0 Å². The smallest absolute Gasteiger partial charge is 0.416 e. The second kappa shape index (κ2) is 12.9. The Labute approximate surface area is 195 Å². The molecule has 0 saturated carbocycles. The molecule has 6 unspecified atom stereocenters. The van der Waals surface area contributed by atoms with Gasteiger partial charge in [0.05, 0.1) is 0 Å². The van der Waals surface area contributed by atoms with E-state index in [1.165, 1.54) is 0 Å². The first-order chi connectivity index (χ1) is 14.6. The summed E-state index contributed by atoms with van der Waals surface area (Å²) < 4.78 is 38.2. The van der Waals surface area contributed by atoms with Crippen LogP contribution in [0.3, 0.4) is 0 Å². The molecule has 0 amide bonds. The molecule has 31 heavy (non-hydrogen) atoms. The molecule has 2 aliphatic heterocycles. The van der Waals surface area contributed by atoms with Crippen molar-refractivity contribution in [2.24, 2.45) is 0 Å². The third kappa shape index (κ3) is 10.2. The third-order valence-corrected chi connectivity index (χ3v) is 16.4. The number of hydrogen-bond acceptors (Lipinski definition) is 7. The van der Waals surface area contributed by atoms with E-state index in [-0.39, 0.29) is 28.1 Å². The van der Waals surface area contributed by atoms with Crippen LogP contribution in [0.4, 0.5) is 0 Å². The number of hydrogen-bond donors (Lipinski definition) is 1. The second-order valence-electron chi connectivity index (χ2n) is 9.25. The lowest BCUT2D eigenvalue weighted by atomic mass is 10.0. The second-order valence-corrected chi connectivity index (χ2v) is 18.1. The first-order valence-electron chi connectivity index (χ1n) is 12.1. The molecule has 2 aliphatic rings. The van der Waals surface area contributed by atoms with Crippen LogP contribution in [0, 0.1) is 0 Å². The van der Waals surface area contributed by atoms with Gasteiger partial charge in [0.15, 0.2) is 0 Å². The normalized spacial score (nSPS) is 41.7. The van der Waals surface area contributed by atoms with Gasteiger partial charge in [-0.05, 0) is 45.6 Å². The molecule has 6 atom stereocenters. The van der Waals surface area contributed by atoms with Crippen LogP contribution in [0.1, 0.15) is 84.5 Å². The van der Waals surface area contributed by atoms with Crippen molar-refractivity contribution in [1.29, 1.82) is 0 Å². The Bertz CT molecular complexity index is 530. The molecule has 0 aromatic rings. The summed E-state index contributed by atoms with van der Waals surface area (Å²) >= 11 is 0. The fourth-order valence-corrected chi connectivity index (χ4v) is 16.1. The fourth-order valence-electron chi connectivity index (χ4n) is 4.57. The van der Waals surface area contributed by atoms with Crippen molar-refractivity contribution in [2.45, 2.75) is 129 Å². The molecule has 11 heteroatoms. The van der Waals surface area contributed by atoms with E-state index in [4.69, 9.17) is 25.6 Å². The van der Waals surface area contributed by atoms with Gasteiger partial charge in [-0.1, -0.05) is 45.4 Å². The van der Waals surface area contributed by atoms with Gasteiger partial charge in [0, 0.05) is 38.0 Å². The number of rotatable bonds is 5.